The number of rotatable bonds is 5. The highest BCUT2D eigenvalue weighted by atomic mass is 16.5. The van der Waals surface area contributed by atoms with E-state index in [1.807, 2.05) is 6.07 Å². The number of methoxy groups -OCH3 is 1. The molecule has 0 aliphatic carbocycles. The SMILES string of the molecule is COC(=O)c1ccc(C(C)N2CCCCC2CN2CCOCC2)o1. The molecule has 1 aromatic heterocycles. The molecule has 0 aromatic carbocycles. The zero-order chi connectivity index (χ0) is 16.9. The Balaban J connectivity index is 1.67. The summed E-state index contributed by atoms with van der Waals surface area (Å²) < 4.78 is 15.9. The van der Waals surface area contributed by atoms with Crippen LogP contribution in [0, 0.1) is 0 Å². The van der Waals surface area contributed by atoms with Crippen LogP contribution in [0.2, 0.25) is 0 Å². The lowest BCUT2D eigenvalue weighted by molar-refractivity contribution is 0.00685. The fourth-order valence-electron chi connectivity index (χ4n) is 3.76. The summed E-state index contributed by atoms with van der Waals surface area (Å²) in [6.07, 6.45) is 3.71. The van der Waals surface area contributed by atoms with Crippen LogP contribution >= 0.6 is 0 Å². The van der Waals surface area contributed by atoms with Gasteiger partial charge in [-0.3, -0.25) is 9.80 Å². The fourth-order valence-corrected chi connectivity index (χ4v) is 3.76. The molecule has 3 heterocycles. The quantitative estimate of drug-likeness (QED) is 0.769. The molecule has 2 saturated heterocycles. The number of hydrogen-bond donors (Lipinski definition) is 0. The van der Waals surface area contributed by atoms with Crippen molar-refractivity contribution in [1.29, 1.82) is 0 Å². The molecule has 3 rings (SSSR count). The molecule has 134 valence electrons. The van der Waals surface area contributed by atoms with Crippen molar-refractivity contribution in [3.05, 3.63) is 23.7 Å². The predicted octanol–water partition coefficient (Wildman–Crippen LogP) is 2.31. The molecule has 0 saturated carbocycles. The van der Waals surface area contributed by atoms with Gasteiger partial charge in [0.25, 0.3) is 0 Å². The monoisotopic (exact) mass is 336 g/mol. The van der Waals surface area contributed by atoms with Crippen molar-refractivity contribution in [1.82, 2.24) is 9.80 Å². The van der Waals surface area contributed by atoms with Crippen LogP contribution in [-0.4, -0.2) is 68.3 Å². The van der Waals surface area contributed by atoms with E-state index in [4.69, 9.17) is 13.9 Å². The number of piperidine rings is 1. The second-order valence-corrected chi connectivity index (χ2v) is 6.67. The summed E-state index contributed by atoms with van der Waals surface area (Å²) in [5.74, 6) is 0.697. The Hall–Kier alpha value is -1.37. The molecule has 6 nitrogen and oxygen atoms in total. The molecule has 2 aliphatic heterocycles. The minimum Gasteiger partial charge on any atom is -0.463 e. The summed E-state index contributed by atoms with van der Waals surface area (Å²) >= 11 is 0. The van der Waals surface area contributed by atoms with Crippen LogP contribution in [0.25, 0.3) is 0 Å². The first kappa shape index (κ1) is 17.5. The topological polar surface area (TPSA) is 55.2 Å². The van der Waals surface area contributed by atoms with Gasteiger partial charge in [-0.15, -0.1) is 0 Å². The molecule has 0 N–H and O–H groups in total. The van der Waals surface area contributed by atoms with Crippen molar-refractivity contribution in [3.8, 4) is 0 Å². The molecule has 2 fully saturated rings. The second kappa shape index (κ2) is 8.14. The van der Waals surface area contributed by atoms with E-state index in [9.17, 15) is 4.79 Å². The van der Waals surface area contributed by atoms with Crippen LogP contribution < -0.4 is 0 Å². The Morgan fingerprint density at radius 2 is 2.08 bits per heavy atom. The van der Waals surface area contributed by atoms with E-state index < -0.39 is 5.97 Å². The molecule has 0 bridgehead atoms. The van der Waals surface area contributed by atoms with Crippen LogP contribution in [0.1, 0.15) is 48.5 Å². The van der Waals surface area contributed by atoms with Crippen molar-refractivity contribution < 1.29 is 18.7 Å². The van der Waals surface area contributed by atoms with Gasteiger partial charge in [0.1, 0.15) is 5.76 Å². The number of furan rings is 1. The average Bonchev–Trinajstić information content (AvgIpc) is 3.12. The highest BCUT2D eigenvalue weighted by molar-refractivity contribution is 5.86. The summed E-state index contributed by atoms with van der Waals surface area (Å²) in [4.78, 5) is 16.6. The number of hydrogen-bond acceptors (Lipinski definition) is 6. The lowest BCUT2D eigenvalue weighted by Gasteiger charge is -2.42. The van der Waals surface area contributed by atoms with Crippen LogP contribution in [0.3, 0.4) is 0 Å². The molecule has 2 atom stereocenters. The Kier molecular flexibility index (Phi) is 5.92. The van der Waals surface area contributed by atoms with Crippen molar-refractivity contribution in [2.45, 2.75) is 38.3 Å². The van der Waals surface area contributed by atoms with E-state index in [0.717, 1.165) is 45.2 Å². The maximum absolute atomic E-state index is 11.6. The van der Waals surface area contributed by atoms with E-state index in [-0.39, 0.29) is 11.8 Å². The molecule has 6 heteroatoms. The standard InChI is InChI=1S/C18H28N2O4/c1-14(16-6-7-17(24-16)18(21)22-2)20-8-4-3-5-15(20)13-19-9-11-23-12-10-19/h6-7,14-15H,3-5,8-13H2,1-2H3. The third-order valence-electron chi connectivity index (χ3n) is 5.17. The zero-order valence-corrected chi connectivity index (χ0v) is 14.7. The molecule has 2 unspecified atom stereocenters. The van der Waals surface area contributed by atoms with Crippen LogP contribution in [0.4, 0.5) is 0 Å². The Morgan fingerprint density at radius 1 is 1.29 bits per heavy atom. The minimum absolute atomic E-state index is 0.162. The van der Waals surface area contributed by atoms with Gasteiger partial charge in [-0.25, -0.2) is 4.79 Å². The van der Waals surface area contributed by atoms with Crippen LogP contribution in [-0.2, 0) is 9.47 Å². The minimum atomic E-state index is -0.419. The summed E-state index contributed by atoms with van der Waals surface area (Å²) in [6.45, 7) is 8.03. The summed E-state index contributed by atoms with van der Waals surface area (Å²) in [5.41, 5.74) is 0. The lowest BCUT2D eigenvalue weighted by atomic mass is 9.98. The fraction of sp³-hybridized carbons (Fsp3) is 0.722. The number of likely N-dealkylation sites (tertiary alicyclic amines) is 1. The Bertz CT molecular complexity index is 539. The molecule has 1 aromatic rings. The first-order valence-electron chi connectivity index (χ1n) is 8.93. The first-order chi connectivity index (χ1) is 11.7. The van der Waals surface area contributed by atoms with Gasteiger partial charge in [0.15, 0.2) is 0 Å². The van der Waals surface area contributed by atoms with E-state index in [1.54, 1.807) is 6.07 Å². The lowest BCUT2D eigenvalue weighted by Crippen LogP contribution is -2.50. The van der Waals surface area contributed by atoms with Crippen molar-refractivity contribution in [2.75, 3.05) is 46.5 Å². The molecule has 0 radical (unpaired) electrons. The van der Waals surface area contributed by atoms with Crippen molar-refractivity contribution in [2.24, 2.45) is 0 Å². The molecule has 0 amide bonds. The zero-order valence-electron chi connectivity index (χ0n) is 14.7. The van der Waals surface area contributed by atoms with Crippen LogP contribution in [0.5, 0.6) is 0 Å². The molecule has 0 spiro atoms. The summed E-state index contributed by atoms with van der Waals surface area (Å²) in [6, 6.07) is 4.30. The summed E-state index contributed by atoms with van der Waals surface area (Å²) in [5, 5.41) is 0. The average molecular weight is 336 g/mol. The van der Waals surface area contributed by atoms with Gasteiger partial charge in [-0.1, -0.05) is 6.42 Å². The number of ether oxygens (including phenoxy) is 2. The first-order valence-corrected chi connectivity index (χ1v) is 8.93. The van der Waals surface area contributed by atoms with Gasteiger partial charge in [0, 0.05) is 25.7 Å². The highest BCUT2D eigenvalue weighted by Crippen LogP contribution is 2.30. The van der Waals surface area contributed by atoms with Gasteiger partial charge in [-0.2, -0.15) is 0 Å². The van der Waals surface area contributed by atoms with Gasteiger partial charge >= 0.3 is 5.97 Å². The van der Waals surface area contributed by atoms with Crippen molar-refractivity contribution >= 4 is 5.97 Å². The van der Waals surface area contributed by atoms with Gasteiger partial charge in [0.2, 0.25) is 5.76 Å². The summed E-state index contributed by atoms with van der Waals surface area (Å²) in [7, 11) is 1.37. The number of morpholine rings is 1. The molecular formula is C18H28N2O4. The highest BCUT2D eigenvalue weighted by Gasteiger charge is 2.31. The van der Waals surface area contributed by atoms with Crippen LogP contribution in [0.15, 0.2) is 16.5 Å². The van der Waals surface area contributed by atoms with E-state index in [0.29, 0.717) is 6.04 Å². The number of carbonyl (C=O) groups excluding carboxylic acids is 1. The number of esters is 1. The number of carbonyl (C=O) groups is 1. The normalized spacial score (nSPS) is 24.7. The number of nitrogens with zero attached hydrogens (tertiary/aromatic N) is 2. The van der Waals surface area contributed by atoms with Crippen molar-refractivity contribution in [3.63, 3.8) is 0 Å². The van der Waals surface area contributed by atoms with E-state index in [1.165, 1.54) is 26.4 Å². The predicted molar refractivity (Wildman–Crippen MR) is 90.1 cm³/mol. The molecule has 2 aliphatic rings. The Labute approximate surface area is 143 Å². The van der Waals surface area contributed by atoms with Gasteiger partial charge < -0.3 is 13.9 Å². The van der Waals surface area contributed by atoms with Gasteiger partial charge in [-0.05, 0) is 38.4 Å². The smallest absolute Gasteiger partial charge is 0.373 e. The third kappa shape index (κ3) is 3.99. The largest absolute Gasteiger partial charge is 0.463 e. The third-order valence-corrected chi connectivity index (χ3v) is 5.17. The molecule has 24 heavy (non-hydrogen) atoms. The van der Waals surface area contributed by atoms with E-state index >= 15 is 0 Å². The van der Waals surface area contributed by atoms with Gasteiger partial charge in [0.05, 0.1) is 26.4 Å². The maximum atomic E-state index is 11.6. The van der Waals surface area contributed by atoms with E-state index in [2.05, 4.69) is 16.7 Å². The Morgan fingerprint density at radius 3 is 2.83 bits per heavy atom. The maximum Gasteiger partial charge on any atom is 0.373 e. The second-order valence-electron chi connectivity index (χ2n) is 6.67. The molecular weight excluding hydrogens is 308 g/mol.